The molecular formula is C17H24N6O. The van der Waals surface area contributed by atoms with E-state index < -0.39 is 0 Å². The van der Waals surface area contributed by atoms with Crippen molar-refractivity contribution in [1.29, 1.82) is 0 Å². The molecule has 3 heterocycles. The molecule has 2 aromatic rings. The summed E-state index contributed by atoms with van der Waals surface area (Å²) in [6.07, 6.45) is 13.1. The zero-order chi connectivity index (χ0) is 16.8. The number of likely N-dealkylation sites (tertiary alicyclic amines) is 1. The van der Waals surface area contributed by atoms with Gasteiger partial charge in [0.1, 0.15) is 5.82 Å². The number of aryl methyl sites for hydroxylation is 1. The van der Waals surface area contributed by atoms with Gasteiger partial charge in [-0.15, -0.1) is 0 Å². The predicted molar refractivity (Wildman–Crippen MR) is 90.9 cm³/mol. The Hall–Kier alpha value is -2.44. The van der Waals surface area contributed by atoms with Crippen molar-refractivity contribution < 1.29 is 4.79 Å². The average molecular weight is 328 g/mol. The molecule has 7 nitrogen and oxygen atoms in total. The number of carbonyl (C=O) groups is 1. The first kappa shape index (κ1) is 16.4. The Morgan fingerprint density at radius 1 is 1.29 bits per heavy atom. The first-order chi connectivity index (χ1) is 11.7. The van der Waals surface area contributed by atoms with Gasteiger partial charge in [-0.25, -0.2) is 9.97 Å². The van der Waals surface area contributed by atoms with Crippen LogP contribution in [0, 0.1) is 5.92 Å². The lowest BCUT2D eigenvalue weighted by atomic mass is 9.93. The SMILES string of the molecule is Nc1nccnc1C[C@H]1CCCN(C(=O)CCCn2ccnc2)C1. The summed E-state index contributed by atoms with van der Waals surface area (Å²) in [4.78, 5) is 26.9. The molecule has 128 valence electrons. The summed E-state index contributed by atoms with van der Waals surface area (Å²) in [7, 11) is 0. The topological polar surface area (TPSA) is 89.9 Å². The van der Waals surface area contributed by atoms with Crippen LogP contribution in [0.25, 0.3) is 0 Å². The zero-order valence-electron chi connectivity index (χ0n) is 13.8. The van der Waals surface area contributed by atoms with E-state index in [4.69, 9.17) is 5.73 Å². The summed E-state index contributed by atoms with van der Waals surface area (Å²) in [6.45, 7) is 2.48. The summed E-state index contributed by atoms with van der Waals surface area (Å²) in [5.74, 6) is 1.16. The second kappa shape index (κ2) is 7.90. The highest BCUT2D eigenvalue weighted by atomic mass is 16.2. The Morgan fingerprint density at radius 3 is 2.96 bits per heavy atom. The summed E-state index contributed by atoms with van der Waals surface area (Å²) < 4.78 is 2.00. The van der Waals surface area contributed by atoms with Gasteiger partial charge in [-0.1, -0.05) is 0 Å². The summed E-state index contributed by atoms with van der Waals surface area (Å²) in [6, 6.07) is 0. The number of rotatable bonds is 6. The van der Waals surface area contributed by atoms with Crippen molar-refractivity contribution >= 4 is 11.7 Å². The molecule has 0 saturated carbocycles. The maximum atomic E-state index is 12.4. The predicted octanol–water partition coefficient (Wildman–Crippen LogP) is 1.52. The normalized spacial score (nSPS) is 17.8. The number of nitrogen functional groups attached to an aromatic ring is 1. The van der Waals surface area contributed by atoms with Crippen molar-refractivity contribution in [3.63, 3.8) is 0 Å². The van der Waals surface area contributed by atoms with Crippen LogP contribution in [0.3, 0.4) is 0 Å². The van der Waals surface area contributed by atoms with E-state index in [1.165, 1.54) is 0 Å². The third-order valence-electron chi connectivity index (χ3n) is 4.53. The van der Waals surface area contributed by atoms with E-state index in [1.807, 2.05) is 15.7 Å². The van der Waals surface area contributed by atoms with Crippen LogP contribution in [-0.2, 0) is 17.8 Å². The Labute approximate surface area is 141 Å². The molecule has 0 unspecified atom stereocenters. The fraction of sp³-hybridized carbons (Fsp3) is 0.529. The number of hydrogen-bond acceptors (Lipinski definition) is 5. The molecule has 0 aliphatic carbocycles. The number of carbonyl (C=O) groups excluding carboxylic acids is 1. The van der Waals surface area contributed by atoms with Crippen LogP contribution in [0.5, 0.6) is 0 Å². The molecule has 1 fully saturated rings. The van der Waals surface area contributed by atoms with E-state index >= 15 is 0 Å². The molecule has 0 spiro atoms. The Balaban J connectivity index is 1.47. The first-order valence-electron chi connectivity index (χ1n) is 8.51. The van der Waals surface area contributed by atoms with Crippen LogP contribution in [0.1, 0.15) is 31.4 Å². The van der Waals surface area contributed by atoms with Crippen molar-refractivity contribution in [2.24, 2.45) is 5.92 Å². The lowest BCUT2D eigenvalue weighted by molar-refractivity contribution is -0.133. The minimum atomic E-state index is 0.243. The quantitative estimate of drug-likeness (QED) is 0.868. The van der Waals surface area contributed by atoms with E-state index in [1.54, 1.807) is 24.9 Å². The smallest absolute Gasteiger partial charge is 0.222 e. The molecule has 7 heteroatoms. The Bertz CT molecular complexity index is 657. The maximum absolute atomic E-state index is 12.4. The van der Waals surface area contributed by atoms with Crippen LogP contribution in [0.15, 0.2) is 31.1 Å². The molecule has 1 aliphatic rings. The highest BCUT2D eigenvalue weighted by molar-refractivity contribution is 5.76. The molecule has 0 radical (unpaired) electrons. The Kier molecular flexibility index (Phi) is 5.40. The fourth-order valence-electron chi connectivity index (χ4n) is 3.26. The molecule has 0 bridgehead atoms. The molecule has 3 rings (SSSR count). The van der Waals surface area contributed by atoms with Gasteiger partial charge in [-0.2, -0.15) is 0 Å². The van der Waals surface area contributed by atoms with Gasteiger partial charge in [-0.05, 0) is 31.6 Å². The Morgan fingerprint density at radius 2 is 2.17 bits per heavy atom. The highest BCUT2D eigenvalue weighted by Crippen LogP contribution is 2.22. The van der Waals surface area contributed by atoms with E-state index in [0.717, 1.165) is 51.0 Å². The number of imidazole rings is 1. The van der Waals surface area contributed by atoms with E-state index in [-0.39, 0.29) is 5.91 Å². The second-order valence-electron chi connectivity index (χ2n) is 6.34. The average Bonchev–Trinajstić information content (AvgIpc) is 3.10. The molecule has 1 aliphatic heterocycles. The minimum Gasteiger partial charge on any atom is -0.382 e. The number of amides is 1. The van der Waals surface area contributed by atoms with E-state index in [0.29, 0.717) is 18.2 Å². The summed E-state index contributed by atoms with van der Waals surface area (Å²) >= 11 is 0. The van der Waals surface area contributed by atoms with Crippen molar-refractivity contribution in [3.8, 4) is 0 Å². The summed E-state index contributed by atoms with van der Waals surface area (Å²) in [5.41, 5.74) is 6.73. The largest absolute Gasteiger partial charge is 0.382 e. The van der Waals surface area contributed by atoms with Crippen LogP contribution in [0.4, 0.5) is 5.82 Å². The van der Waals surface area contributed by atoms with Crippen molar-refractivity contribution in [2.75, 3.05) is 18.8 Å². The van der Waals surface area contributed by atoms with Crippen LogP contribution < -0.4 is 5.73 Å². The van der Waals surface area contributed by atoms with Gasteiger partial charge in [0.05, 0.1) is 12.0 Å². The number of hydrogen-bond donors (Lipinski definition) is 1. The third-order valence-corrected chi connectivity index (χ3v) is 4.53. The molecule has 1 saturated heterocycles. The molecule has 1 atom stereocenters. The lowest BCUT2D eigenvalue weighted by Gasteiger charge is -2.33. The van der Waals surface area contributed by atoms with Crippen LogP contribution >= 0.6 is 0 Å². The zero-order valence-corrected chi connectivity index (χ0v) is 13.8. The van der Waals surface area contributed by atoms with Gasteiger partial charge in [0.25, 0.3) is 0 Å². The van der Waals surface area contributed by atoms with Gasteiger partial charge in [-0.3, -0.25) is 9.78 Å². The van der Waals surface area contributed by atoms with Gasteiger partial charge in [0.2, 0.25) is 5.91 Å². The molecular weight excluding hydrogens is 304 g/mol. The second-order valence-corrected chi connectivity index (χ2v) is 6.34. The highest BCUT2D eigenvalue weighted by Gasteiger charge is 2.24. The van der Waals surface area contributed by atoms with Crippen molar-refractivity contribution in [1.82, 2.24) is 24.4 Å². The van der Waals surface area contributed by atoms with Crippen LogP contribution in [-0.4, -0.2) is 43.4 Å². The third kappa shape index (κ3) is 4.31. The number of anilines is 1. The number of piperidine rings is 1. The number of nitrogens with two attached hydrogens (primary N) is 1. The first-order valence-corrected chi connectivity index (χ1v) is 8.51. The van der Waals surface area contributed by atoms with Gasteiger partial charge < -0.3 is 15.2 Å². The van der Waals surface area contributed by atoms with Crippen molar-refractivity contribution in [3.05, 3.63) is 36.8 Å². The standard InChI is InChI=1S/C17H24N6O/c18-17-15(20-5-6-21-17)11-14-3-1-9-23(12-14)16(24)4-2-8-22-10-7-19-13-22/h5-7,10,13-14H,1-4,8-9,11-12H2,(H2,18,21)/t14-/m1/s1. The monoisotopic (exact) mass is 328 g/mol. The van der Waals surface area contributed by atoms with Crippen molar-refractivity contribution in [2.45, 2.75) is 38.6 Å². The van der Waals surface area contributed by atoms with Gasteiger partial charge in [0, 0.05) is 50.8 Å². The van der Waals surface area contributed by atoms with Gasteiger partial charge in [0.15, 0.2) is 0 Å². The summed E-state index contributed by atoms with van der Waals surface area (Å²) in [5, 5.41) is 0. The van der Waals surface area contributed by atoms with E-state index in [9.17, 15) is 4.79 Å². The molecule has 1 amide bonds. The number of aromatic nitrogens is 4. The maximum Gasteiger partial charge on any atom is 0.222 e. The molecule has 24 heavy (non-hydrogen) atoms. The molecule has 2 N–H and O–H groups in total. The lowest BCUT2D eigenvalue weighted by Crippen LogP contribution is -2.40. The molecule has 2 aromatic heterocycles. The fourth-order valence-corrected chi connectivity index (χ4v) is 3.26. The van der Waals surface area contributed by atoms with Crippen LogP contribution in [0.2, 0.25) is 0 Å². The van der Waals surface area contributed by atoms with E-state index in [2.05, 4.69) is 15.0 Å². The minimum absolute atomic E-state index is 0.243. The van der Waals surface area contributed by atoms with Gasteiger partial charge >= 0.3 is 0 Å². The molecule has 0 aromatic carbocycles. The number of nitrogens with zero attached hydrogens (tertiary/aromatic N) is 5.